The Morgan fingerprint density at radius 2 is 1.89 bits per heavy atom. The van der Waals surface area contributed by atoms with Crippen molar-refractivity contribution >= 4 is 23.9 Å². The molecule has 8 heteroatoms. The standard InChI is InChI=1S/C27H35N3O5/c1-2-34-26(33)27(19-31)18-30(20-8-3-4-9-20)22-11-6-5-10-21(22)24(27)28-13-15-29(16-14-28)25(32)23-12-7-17-35-23/h5-7,10-11,17,19-20,23-24H,2-4,8-9,12-16,18H2,1H3. The first-order valence-corrected chi connectivity index (χ1v) is 12.9. The first kappa shape index (κ1) is 23.9. The van der Waals surface area contributed by atoms with Gasteiger partial charge < -0.3 is 24.1 Å². The molecule has 1 aromatic rings. The van der Waals surface area contributed by atoms with Crippen LogP contribution >= 0.6 is 0 Å². The molecule has 0 N–H and O–H groups in total. The first-order valence-electron chi connectivity index (χ1n) is 12.9. The number of esters is 1. The number of anilines is 1. The van der Waals surface area contributed by atoms with Gasteiger partial charge in [0.1, 0.15) is 6.29 Å². The molecule has 188 valence electrons. The van der Waals surface area contributed by atoms with E-state index >= 15 is 0 Å². The van der Waals surface area contributed by atoms with Crippen molar-refractivity contribution in [2.75, 3.05) is 44.2 Å². The van der Waals surface area contributed by atoms with Crippen LogP contribution in [0.3, 0.4) is 0 Å². The lowest BCUT2D eigenvalue weighted by Gasteiger charge is -2.52. The second-order valence-electron chi connectivity index (χ2n) is 10.00. The molecular formula is C27H35N3O5. The molecule has 8 nitrogen and oxygen atoms in total. The van der Waals surface area contributed by atoms with E-state index < -0.39 is 23.5 Å². The van der Waals surface area contributed by atoms with Gasteiger partial charge in [-0.15, -0.1) is 0 Å². The Morgan fingerprint density at radius 1 is 1.14 bits per heavy atom. The van der Waals surface area contributed by atoms with E-state index in [0.717, 1.165) is 43.2 Å². The maximum Gasteiger partial charge on any atom is 0.323 e. The molecule has 0 bridgehead atoms. The van der Waals surface area contributed by atoms with Gasteiger partial charge in [-0.25, -0.2) is 0 Å². The average molecular weight is 482 g/mol. The molecule has 2 fully saturated rings. The lowest BCUT2D eigenvalue weighted by Crippen LogP contribution is -2.61. The van der Waals surface area contributed by atoms with E-state index in [1.165, 1.54) is 0 Å². The maximum absolute atomic E-state index is 13.5. The van der Waals surface area contributed by atoms with Gasteiger partial charge in [-0.3, -0.25) is 14.5 Å². The Labute approximate surface area is 206 Å². The van der Waals surface area contributed by atoms with Gasteiger partial charge in [0.25, 0.3) is 5.91 Å². The summed E-state index contributed by atoms with van der Waals surface area (Å²) in [6.45, 7) is 4.53. The summed E-state index contributed by atoms with van der Waals surface area (Å²) < 4.78 is 11.0. The van der Waals surface area contributed by atoms with Crippen LogP contribution in [0.15, 0.2) is 36.6 Å². The molecule has 1 aliphatic carbocycles. The molecule has 3 atom stereocenters. The highest BCUT2D eigenvalue weighted by Crippen LogP contribution is 2.49. The summed E-state index contributed by atoms with van der Waals surface area (Å²) in [6, 6.07) is 8.06. The van der Waals surface area contributed by atoms with Crippen LogP contribution in [0.5, 0.6) is 0 Å². The number of carbonyl (C=O) groups excluding carboxylic acids is 3. The van der Waals surface area contributed by atoms with Gasteiger partial charge in [-0.05, 0) is 37.5 Å². The molecule has 1 saturated carbocycles. The molecule has 0 spiro atoms. The number of benzene rings is 1. The van der Waals surface area contributed by atoms with E-state index in [1.807, 2.05) is 29.2 Å². The van der Waals surface area contributed by atoms with Crippen LogP contribution in [0.25, 0.3) is 0 Å². The third-order valence-corrected chi connectivity index (χ3v) is 8.05. The Kier molecular flexibility index (Phi) is 6.82. The van der Waals surface area contributed by atoms with E-state index in [4.69, 9.17) is 9.47 Å². The fourth-order valence-electron chi connectivity index (χ4n) is 6.32. The van der Waals surface area contributed by atoms with Crippen LogP contribution in [0.1, 0.15) is 50.6 Å². The predicted octanol–water partition coefficient (Wildman–Crippen LogP) is 2.69. The van der Waals surface area contributed by atoms with E-state index in [2.05, 4.69) is 15.9 Å². The number of carbonyl (C=O) groups is 3. The summed E-state index contributed by atoms with van der Waals surface area (Å²) in [7, 11) is 0. The topological polar surface area (TPSA) is 79.4 Å². The van der Waals surface area contributed by atoms with E-state index in [-0.39, 0.29) is 12.5 Å². The molecule has 1 saturated heterocycles. The highest BCUT2D eigenvalue weighted by Gasteiger charge is 2.56. The van der Waals surface area contributed by atoms with Crippen molar-refractivity contribution in [1.29, 1.82) is 0 Å². The summed E-state index contributed by atoms with van der Waals surface area (Å²) in [4.78, 5) is 45.6. The molecule has 4 aliphatic rings. The molecule has 0 radical (unpaired) electrons. The Balaban J connectivity index is 1.47. The molecule has 3 heterocycles. The summed E-state index contributed by atoms with van der Waals surface area (Å²) in [5.74, 6) is -0.459. The Bertz CT molecular complexity index is 975. The Hall–Kier alpha value is -2.87. The minimum atomic E-state index is -1.32. The van der Waals surface area contributed by atoms with Crippen molar-refractivity contribution in [1.82, 2.24) is 9.80 Å². The maximum atomic E-state index is 13.5. The number of fused-ring (bicyclic) bond motifs is 1. The van der Waals surface area contributed by atoms with Gasteiger partial charge in [0.05, 0.1) is 18.9 Å². The number of hydrogen-bond donors (Lipinski definition) is 0. The predicted molar refractivity (Wildman–Crippen MR) is 131 cm³/mol. The van der Waals surface area contributed by atoms with Crippen molar-refractivity contribution in [3.63, 3.8) is 0 Å². The number of rotatable bonds is 6. The zero-order valence-corrected chi connectivity index (χ0v) is 20.4. The second-order valence-corrected chi connectivity index (χ2v) is 10.00. The zero-order valence-electron chi connectivity index (χ0n) is 20.4. The summed E-state index contributed by atoms with van der Waals surface area (Å²) in [5, 5.41) is 0. The largest absolute Gasteiger partial charge is 0.488 e. The van der Waals surface area contributed by atoms with Gasteiger partial charge in [-0.1, -0.05) is 31.0 Å². The number of amides is 1. The number of nitrogens with zero attached hydrogens (tertiary/aromatic N) is 3. The normalized spacial score (nSPS) is 29.1. The van der Waals surface area contributed by atoms with Crippen LogP contribution < -0.4 is 4.90 Å². The Morgan fingerprint density at radius 3 is 2.54 bits per heavy atom. The SMILES string of the molecule is CCOC(=O)C1(C=O)CN(C2CCCC2)c2ccccc2C1N1CCN(C(=O)C2CC=CO2)CC1. The molecule has 35 heavy (non-hydrogen) atoms. The zero-order chi connectivity index (χ0) is 24.4. The van der Waals surface area contributed by atoms with E-state index in [1.54, 1.807) is 13.2 Å². The number of piperazine rings is 1. The van der Waals surface area contributed by atoms with Crippen LogP contribution in [-0.4, -0.2) is 79.4 Å². The van der Waals surface area contributed by atoms with Gasteiger partial charge in [-0.2, -0.15) is 0 Å². The minimum Gasteiger partial charge on any atom is -0.488 e. The average Bonchev–Trinajstić information content (AvgIpc) is 3.62. The third-order valence-electron chi connectivity index (χ3n) is 8.05. The number of aldehydes is 1. The van der Waals surface area contributed by atoms with E-state index in [9.17, 15) is 14.4 Å². The van der Waals surface area contributed by atoms with Crippen molar-refractivity contribution in [3.05, 3.63) is 42.2 Å². The molecule has 1 aromatic carbocycles. The third kappa shape index (κ3) is 4.22. The van der Waals surface area contributed by atoms with Crippen LogP contribution in [0.2, 0.25) is 0 Å². The molecular weight excluding hydrogens is 446 g/mol. The van der Waals surface area contributed by atoms with Crippen LogP contribution in [0.4, 0.5) is 5.69 Å². The number of para-hydroxylation sites is 1. The van der Waals surface area contributed by atoms with Crippen LogP contribution in [0, 0.1) is 5.41 Å². The fourth-order valence-corrected chi connectivity index (χ4v) is 6.32. The second kappa shape index (κ2) is 10.0. The summed E-state index contributed by atoms with van der Waals surface area (Å²) in [5.41, 5.74) is 0.779. The smallest absolute Gasteiger partial charge is 0.323 e. The van der Waals surface area contributed by atoms with Gasteiger partial charge in [0.2, 0.25) is 0 Å². The molecule has 3 aliphatic heterocycles. The van der Waals surface area contributed by atoms with E-state index in [0.29, 0.717) is 45.2 Å². The number of hydrogen-bond acceptors (Lipinski definition) is 7. The monoisotopic (exact) mass is 481 g/mol. The fraction of sp³-hybridized carbons (Fsp3) is 0.593. The lowest BCUT2D eigenvalue weighted by molar-refractivity contribution is -0.163. The molecule has 5 rings (SSSR count). The molecule has 3 unspecified atom stereocenters. The first-order chi connectivity index (χ1) is 17.1. The van der Waals surface area contributed by atoms with Gasteiger partial charge >= 0.3 is 5.97 Å². The quantitative estimate of drug-likeness (QED) is 0.351. The van der Waals surface area contributed by atoms with Gasteiger partial charge in [0, 0.05) is 50.9 Å². The van der Waals surface area contributed by atoms with Crippen molar-refractivity contribution < 1.29 is 23.9 Å². The highest BCUT2D eigenvalue weighted by molar-refractivity contribution is 5.96. The van der Waals surface area contributed by atoms with Crippen LogP contribution in [-0.2, 0) is 23.9 Å². The van der Waals surface area contributed by atoms with Crippen molar-refractivity contribution in [2.45, 2.75) is 57.2 Å². The summed E-state index contributed by atoms with van der Waals surface area (Å²) >= 11 is 0. The van der Waals surface area contributed by atoms with Crippen molar-refractivity contribution in [3.8, 4) is 0 Å². The highest BCUT2D eigenvalue weighted by atomic mass is 16.5. The number of ether oxygens (including phenoxy) is 2. The molecule has 0 aromatic heterocycles. The van der Waals surface area contributed by atoms with Crippen molar-refractivity contribution in [2.24, 2.45) is 5.41 Å². The molecule has 1 amide bonds. The lowest BCUT2D eigenvalue weighted by atomic mass is 9.72. The minimum absolute atomic E-state index is 0.00172. The van der Waals surface area contributed by atoms with Gasteiger partial charge in [0.15, 0.2) is 11.5 Å². The summed E-state index contributed by atoms with van der Waals surface area (Å²) in [6.07, 6.45) is 8.91.